The van der Waals surface area contributed by atoms with Crippen molar-refractivity contribution in [2.45, 2.75) is 39.7 Å². The van der Waals surface area contributed by atoms with Gasteiger partial charge in [-0.2, -0.15) is 0 Å². The molecule has 2 aromatic rings. The molecule has 0 saturated carbocycles. The van der Waals surface area contributed by atoms with Gasteiger partial charge in [0.15, 0.2) is 11.5 Å². The number of benzene rings is 2. The zero-order chi connectivity index (χ0) is 20.5. The number of carbonyl (C=O) groups is 1. The normalized spacial score (nSPS) is 10.5. The molecular formula is C22H28BrNO4. The molecule has 1 N–H and O–H groups in total. The van der Waals surface area contributed by atoms with E-state index in [0.717, 1.165) is 34.2 Å². The summed E-state index contributed by atoms with van der Waals surface area (Å²) in [6.45, 7) is 5.14. The van der Waals surface area contributed by atoms with E-state index in [1.165, 1.54) is 5.56 Å². The van der Waals surface area contributed by atoms with E-state index in [1.54, 1.807) is 14.2 Å². The largest absolute Gasteiger partial charge is 0.493 e. The number of methoxy groups -OCH3 is 2. The number of hydrogen-bond donors (Lipinski definition) is 1. The molecule has 0 fully saturated rings. The van der Waals surface area contributed by atoms with Gasteiger partial charge in [-0.1, -0.05) is 12.1 Å². The third-order valence-corrected chi connectivity index (χ3v) is 4.97. The summed E-state index contributed by atoms with van der Waals surface area (Å²) in [6.07, 6.45) is 2.10. The van der Waals surface area contributed by atoms with Crippen molar-refractivity contribution in [1.29, 1.82) is 0 Å². The summed E-state index contributed by atoms with van der Waals surface area (Å²) in [5.74, 6) is 2.22. The molecule has 0 aliphatic rings. The van der Waals surface area contributed by atoms with Gasteiger partial charge in [0.25, 0.3) is 0 Å². The predicted octanol–water partition coefficient (Wildman–Crippen LogP) is 4.95. The first kappa shape index (κ1) is 22.1. The molecule has 0 bridgehead atoms. The molecule has 0 atom stereocenters. The first-order valence-electron chi connectivity index (χ1n) is 9.31. The second-order valence-corrected chi connectivity index (χ2v) is 7.52. The third-order valence-electron chi connectivity index (χ3n) is 4.38. The van der Waals surface area contributed by atoms with E-state index in [0.29, 0.717) is 31.1 Å². The maximum atomic E-state index is 12.1. The lowest BCUT2D eigenvalue weighted by atomic mass is 10.1. The summed E-state index contributed by atoms with van der Waals surface area (Å²) in [7, 11) is 3.18. The van der Waals surface area contributed by atoms with E-state index in [-0.39, 0.29) is 5.91 Å². The van der Waals surface area contributed by atoms with E-state index >= 15 is 0 Å². The Balaban J connectivity index is 1.72. The fourth-order valence-electron chi connectivity index (χ4n) is 2.79. The molecule has 2 rings (SSSR count). The Kier molecular flexibility index (Phi) is 8.64. The molecule has 0 aliphatic carbocycles. The first-order valence-corrected chi connectivity index (χ1v) is 10.1. The minimum absolute atomic E-state index is 0.0256. The number of halogens is 1. The molecule has 0 saturated heterocycles. The molecule has 2 aromatic carbocycles. The zero-order valence-electron chi connectivity index (χ0n) is 16.9. The number of unbranched alkanes of at least 4 members (excludes halogenated alkanes) is 1. The van der Waals surface area contributed by atoms with Gasteiger partial charge in [0.1, 0.15) is 5.75 Å². The van der Waals surface area contributed by atoms with Crippen LogP contribution in [0.3, 0.4) is 0 Å². The van der Waals surface area contributed by atoms with Gasteiger partial charge >= 0.3 is 0 Å². The van der Waals surface area contributed by atoms with Crippen molar-refractivity contribution < 1.29 is 19.0 Å². The Morgan fingerprint density at radius 2 is 1.82 bits per heavy atom. The van der Waals surface area contributed by atoms with Gasteiger partial charge in [-0.25, -0.2) is 0 Å². The SMILES string of the molecule is COc1cc(CNC(=O)CCCCOc2cc(C)ccc2C)cc(Br)c1OC. The van der Waals surface area contributed by atoms with E-state index in [1.807, 2.05) is 32.0 Å². The van der Waals surface area contributed by atoms with Crippen LogP contribution in [0.1, 0.15) is 36.0 Å². The quantitative estimate of drug-likeness (QED) is 0.521. The molecule has 6 heteroatoms. The summed E-state index contributed by atoms with van der Waals surface area (Å²) < 4.78 is 17.2. The summed E-state index contributed by atoms with van der Waals surface area (Å²) in [5, 5.41) is 2.94. The second kappa shape index (κ2) is 11.0. The van der Waals surface area contributed by atoms with Crippen molar-refractivity contribution in [3.8, 4) is 17.2 Å². The second-order valence-electron chi connectivity index (χ2n) is 6.66. The van der Waals surface area contributed by atoms with Crippen LogP contribution in [-0.4, -0.2) is 26.7 Å². The summed E-state index contributed by atoms with van der Waals surface area (Å²) in [4.78, 5) is 12.1. The Morgan fingerprint density at radius 1 is 1.04 bits per heavy atom. The topological polar surface area (TPSA) is 56.8 Å². The maximum Gasteiger partial charge on any atom is 0.220 e. The van der Waals surface area contributed by atoms with Crippen molar-refractivity contribution in [1.82, 2.24) is 5.32 Å². The van der Waals surface area contributed by atoms with Crippen LogP contribution in [-0.2, 0) is 11.3 Å². The number of hydrogen-bond acceptors (Lipinski definition) is 4. The first-order chi connectivity index (χ1) is 13.4. The Hall–Kier alpha value is -2.21. The lowest BCUT2D eigenvalue weighted by Crippen LogP contribution is -2.22. The number of amides is 1. The van der Waals surface area contributed by atoms with Crippen LogP contribution in [0, 0.1) is 13.8 Å². The van der Waals surface area contributed by atoms with Crippen LogP contribution in [0.2, 0.25) is 0 Å². The number of ether oxygens (including phenoxy) is 3. The average Bonchev–Trinajstić information content (AvgIpc) is 2.68. The Morgan fingerprint density at radius 3 is 2.54 bits per heavy atom. The monoisotopic (exact) mass is 449 g/mol. The van der Waals surface area contributed by atoms with Crippen LogP contribution in [0.5, 0.6) is 17.2 Å². The smallest absolute Gasteiger partial charge is 0.220 e. The predicted molar refractivity (Wildman–Crippen MR) is 114 cm³/mol. The van der Waals surface area contributed by atoms with Gasteiger partial charge < -0.3 is 19.5 Å². The highest BCUT2D eigenvalue weighted by molar-refractivity contribution is 9.10. The van der Waals surface area contributed by atoms with E-state index in [2.05, 4.69) is 33.4 Å². The van der Waals surface area contributed by atoms with Crippen molar-refractivity contribution >= 4 is 21.8 Å². The fraction of sp³-hybridized carbons (Fsp3) is 0.409. The van der Waals surface area contributed by atoms with Crippen LogP contribution >= 0.6 is 15.9 Å². The highest BCUT2D eigenvalue weighted by Crippen LogP contribution is 2.36. The minimum Gasteiger partial charge on any atom is -0.493 e. The Bertz CT molecular complexity index is 807. The van der Waals surface area contributed by atoms with Crippen molar-refractivity contribution in [3.63, 3.8) is 0 Å². The van der Waals surface area contributed by atoms with Gasteiger partial charge in [0.2, 0.25) is 5.91 Å². The summed E-state index contributed by atoms with van der Waals surface area (Å²) in [6, 6.07) is 9.96. The molecule has 0 aromatic heterocycles. The lowest BCUT2D eigenvalue weighted by Gasteiger charge is -2.12. The van der Waals surface area contributed by atoms with Gasteiger partial charge in [-0.15, -0.1) is 0 Å². The van der Waals surface area contributed by atoms with Crippen LogP contribution < -0.4 is 19.5 Å². The molecule has 0 spiro atoms. The molecule has 28 heavy (non-hydrogen) atoms. The molecular weight excluding hydrogens is 422 g/mol. The number of aryl methyl sites for hydroxylation is 2. The summed E-state index contributed by atoms with van der Waals surface area (Å²) in [5.41, 5.74) is 3.25. The van der Waals surface area contributed by atoms with Gasteiger partial charge in [0.05, 0.1) is 25.3 Å². The minimum atomic E-state index is 0.0256. The fourth-order valence-corrected chi connectivity index (χ4v) is 3.45. The highest BCUT2D eigenvalue weighted by atomic mass is 79.9. The van der Waals surface area contributed by atoms with Crippen molar-refractivity contribution in [3.05, 3.63) is 51.5 Å². The number of rotatable bonds is 10. The molecule has 0 unspecified atom stereocenters. The maximum absolute atomic E-state index is 12.1. The lowest BCUT2D eigenvalue weighted by molar-refractivity contribution is -0.121. The summed E-state index contributed by atoms with van der Waals surface area (Å²) >= 11 is 3.46. The van der Waals surface area contributed by atoms with Gasteiger partial charge in [-0.05, 0) is 77.5 Å². The highest BCUT2D eigenvalue weighted by Gasteiger charge is 2.11. The molecule has 0 radical (unpaired) electrons. The van der Waals surface area contributed by atoms with E-state index in [9.17, 15) is 4.79 Å². The van der Waals surface area contributed by atoms with E-state index < -0.39 is 0 Å². The number of nitrogens with one attached hydrogen (secondary N) is 1. The van der Waals surface area contributed by atoms with Crippen molar-refractivity contribution in [2.24, 2.45) is 0 Å². The van der Waals surface area contributed by atoms with Crippen LogP contribution in [0.15, 0.2) is 34.8 Å². The van der Waals surface area contributed by atoms with E-state index in [4.69, 9.17) is 14.2 Å². The van der Waals surface area contributed by atoms with Gasteiger partial charge in [-0.3, -0.25) is 4.79 Å². The van der Waals surface area contributed by atoms with Crippen molar-refractivity contribution in [2.75, 3.05) is 20.8 Å². The van der Waals surface area contributed by atoms with Gasteiger partial charge in [0, 0.05) is 13.0 Å². The molecule has 1 amide bonds. The third kappa shape index (κ3) is 6.44. The Labute approximate surface area is 175 Å². The molecule has 0 aliphatic heterocycles. The zero-order valence-corrected chi connectivity index (χ0v) is 18.5. The average molecular weight is 450 g/mol. The van der Waals surface area contributed by atoms with Crippen LogP contribution in [0.25, 0.3) is 0 Å². The standard InChI is InChI=1S/C22H28BrNO4/c1-15-8-9-16(2)19(11-15)28-10-6-5-7-21(25)24-14-17-12-18(23)22(27-4)20(13-17)26-3/h8-9,11-13H,5-7,10,14H2,1-4H3,(H,24,25). The number of carbonyl (C=O) groups excluding carboxylic acids is 1. The van der Waals surface area contributed by atoms with Crippen LogP contribution in [0.4, 0.5) is 0 Å². The molecule has 152 valence electrons. The molecule has 5 nitrogen and oxygen atoms in total. The molecule has 0 heterocycles.